The predicted molar refractivity (Wildman–Crippen MR) is 128 cm³/mol. The first-order chi connectivity index (χ1) is 16.8. The van der Waals surface area contributed by atoms with Gasteiger partial charge in [0.15, 0.2) is 11.4 Å². The molecule has 0 aliphatic rings. The number of para-hydroxylation sites is 1. The number of carbonyl (C=O) groups is 1. The number of aromatic hydroxyl groups is 1. The van der Waals surface area contributed by atoms with Crippen LogP contribution in [0.25, 0.3) is 4.85 Å². The lowest BCUT2D eigenvalue weighted by molar-refractivity contribution is 0.101. The van der Waals surface area contributed by atoms with Gasteiger partial charge in [-0.05, 0) is 30.2 Å². The normalized spacial score (nSPS) is 12.5. The van der Waals surface area contributed by atoms with Gasteiger partial charge >= 0.3 is 0 Å². The zero-order valence-electron chi connectivity index (χ0n) is 19.3. The van der Waals surface area contributed by atoms with Crippen molar-refractivity contribution in [1.82, 2.24) is 19.7 Å². The summed E-state index contributed by atoms with van der Waals surface area (Å²) in [6.45, 7) is 11.4. The van der Waals surface area contributed by atoms with Gasteiger partial charge in [-0.25, -0.2) is 9.83 Å². The first kappa shape index (κ1) is 23.4. The number of benzene rings is 1. The maximum absolute atomic E-state index is 12.9. The molecule has 0 aliphatic heterocycles. The quantitative estimate of drug-likeness (QED) is 0.409. The summed E-state index contributed by atoms with van der Waals surface area (Å²) in [5.74, 6) is -2.15. The van der Waals surface area contributed by atoms with Crippen LogP contribution in [0.5, 0.6) is 5.75 Å². The monoisotopic (exact) mass is 470 g/mol. The van der Waals surface area contributed by atoms with E-state index in [4.69, 9.17) is 11.1 Å². The highest BCUT2D eigenvalue weighted by Gasteiger charge is 2.30. The van der Waals surface area contributed by atoms with E-state index in [1.54, 1.807) is 18.3 Å². The minimum Gasteiger partial charge on any atom is -0.501 e. The van der Waals surface area contributed by atoms with Crippen LogP contribution in [0.1, 0.15) is 51.9 Å². The number of aryl methyl sites for hydroxylation is 1. The molecule has 176 valence electrons. The summed E-state index contributed by atoms with van der Waals surface area (Å²) in [5.41, 5.74) is 1.95. The van der Waals surface area contributed by atoms with E-state index in [1.807, 2.05) is 38.1 Å². The van der Waals surface area contributed by atoms with Crippen LogP contribution in [0.2, 0.25) is 0 Å². The molecule has 0 bridgehead atoms. The van der Waals surface area contributed by atoms with Crippen molar-refractivity contribution in [3.05, 3.63) is 105 Å². The van der Waals surface area contributed by atoms with Crippen molar-refractivity contribution in [2.75, 3.05) is 5.32 Å². The Hall–Kier alpha value is -4.78. The van der Waals surface area contributed by atoms with Crippen LogP contribution in [-0.2, 0) is 7.05 Å². The highest BCUT2D eigenvalue weighted by atomic mass is 16.5. The third-order valence-electron chi connectivity index (χ3n) is 5.79. The van der Waals surface area contributed by atoms with Crippen molar-refractivity contribution in [2.45, 2.75) is 25.7 Å². The first-order valence-electron chi connectivity index (χ1n) is 10.7. The second-order valence-corrected chi connectivity index (χ2v) is 8.07. The highest BCUT2D eigenvalue weighted by molar-refractivity contribution is 6.04. The van der Waals surface area contributed by atoms with Crippen LogP contribution in [0.15, 0.2) is 64.4 Å². The van der Waals surface area contributed by atoms with Crippen LogP contribution in [0.4, 0.5) is 11.4 Å². The van der Waals surface area contributed by atoms with E-state index in [0.29, 0.717) is 5.69 Å². The molecular weight excluding hydrogens is 448 g/mol. The molecule has 2 atom stereocenters. The molecule has 35 heavy (non-hydrogen) atoms. The van der Waals surface area contributed by atoms with E-state index in [1.165, 1.54) is 24.1 Å². The van der Waals surface area contributed by atoms with Crippen LogP contribution in [-0.4, -0.2) is 30.7 Å². The van der Waals surface area contributed by atoms with Gasteiger partial charge in [0, 0.05) is 30.8 Å². The molecule has 4 aromatic rings. The van der Waals surface area contributed by atoms with Crippen molar-refractivity contribution in [3.8, 4) is 5.75 Å². The molecule has 10 heteroatoms. The average Bonchev–Trinajstić information content (AvgIpc) is 3.36. The zero-order valence-corrected chi connectivity index (χ0v) is 19.3. The third kappa shape index (κ3) is 4.52. The van der Waals surface area contributed by atoms with Crippen molar-refractivity contribution < 1.29 is 14.4 Å². The summed E-state index contributed by atoms with van der Waals surface area (Å²) >= 11 is 0. The molecule has 4 rings (SSSR count). The number of hydrogen-bond donors (Lipinski definition) is 2. The maximum atomic E-state index is 12.9. The van der Waals surface area contributed by atoms with Gasteiger partial charge in [0.2, 0.25) is 5.75 Å². The molecule has 0 aliphatic carbocycles. The van der Waals surface area contributed by atoms with Crippen LogP contribution in [0.3, 0.4) is 0 Å². The van der Waals surface area contributed by atoms with Crippen LogP contribution >= 0.6 is 0 Å². The molecule has 0 saturated heterocycles. The largest absolute Gasteiger partial charge is 0.501 e. The number of amides is 1. The number of aromatic nitrogens is 4. The molecule has 0 spiro atoms. The van der Waals surface area contributed by atoms with E-state index in [-0.39, 0.29) is 11.5 Å². The van der Waals surface area contributed by atoms with Gasteiger partial charge in [-0.1, -0.05) is 36.3 Å². The Morgan fingerprint density at radius 2 is 2.06 bits per heavy atom. The molecular formula is C25H22N6O4. The molecule has 0 radical (unpaired) electrons. The van der Waals surface area contributed by atoms with Gasteiger partial charge in [0.05, 0.1) is 12.8 Å². The molecule has 2 unspecified atom stereocenters. The van der Waals surface area contributed by atoms with E-state index in [0.717, 1.165) is 16.8 Å². The number of anilines is 1. The summed E-state index contributed by atoms with van der Waals surface area (Å²) in [4.78, 5) is 38.1. The molecule has 10 nitrogen and oxygen atoms in total. The SMILES string of the molecule is [C-]#[N+]c1ccccc1C(c1ccnc(C)c1)C(C)c1nc(C(=O)Nc2cnoc2)c(O)c(=O)n1C. The second-order valence-electron chi connectivity index (χ2n) is 8.07. The van der Waals surface area contributed by atoms with E-state index in [9.17, 15) is 14.7 Å². The fraction of sp³-hybridized carbons (Fsp3) is 0.200. The Morgan fingerprint density at radius 3 is 2.74 bits per heavy atom. The number of nitrogens with zero attached hydrogens (tertiary/aromatic N) is 5. The minimum absolute atomic E-state index is 0.252. The van der Waals surface area contributed by atoms with E-state index in [2.05, 4.69) is 25.3 Å². The zero-order chi connectivity index (χ0) is 25.1. The van der Waals surface area contributed by atoms with Crippen molar-refractivity contribution in [3.63, 3.8) is 0 Å². The lowest BCUT2D eigenvalue weighted by atomic mass is 9.80. The smallest absolute Gasteiger partial charge is 0.296 e. The molecule has 0 fully saturated rings. The first-order valence-corrected chi connectivity index (χ1v) is 10.7. The Bertz CT molecular complexity index is 1490. The Labute approximate surface area is 200 Å². The van der Waals surface area contributed by atoms with E-state index < -0.39 is 34.7 Å². The number of nitrogens with one attached hydrogen (secondary N) is 1. The van der Waals surface area contributed by atoms with Crippen LogP contribution < -0.4 is 10.9 Å². The fourth-order valence-corrected chi connectivity index (χ4v) is 4.13. The predicted octanol–water partition coefficient (Wildman–Crippen LogP) is 3.92. The Balaban J connectivity index is 1.87. The highest BCUT2D eigenvalue weighted by Crippen LogP contribution is 2.41. The van der Waals surface area contributed by atoms with Crippen molar-refractivity contribution in [1.29, 1.82) is 0 Å². The fourth-order valence-electron chi connectivity index (χ4n) is 4.13. The summed E-state index contributed by atoms with van der Waals surface area (Å²) < 4.78 is 5.92. The van der Waals surface area contributed by atoms with Gasteiger partial charge in [-0.2, -0.15) is 0 Å². The van der Waals surface area contributed by atoms with Gasteiger partial charge in [0.25, 0.3) is 11.5 Å². The molecule has 0 saturated carbocycles. The van der Waals surface area contributed by atoms with Crippen LogP contribution in [0, 0.1) is 13.5 Å². The van der Waals surface area contributed by atoms with Gasteiger partial charge in [0.1, 0.15) is 17.8 Å². The minimum atomic E-state index is -0.783. The third-order valence-corrected chi connectivity index (χ3v) is 5.79. The second kappa shape index (κ2) is 9.61. The lowest BCUT2D eigenvalue weighted by Gasteiger charge is -2.27. The molecule has 1 aromatic carbocycles. The Kier molecular flexibility index (Phi) is 6.42. The van der Waals surface area contributed by atoms with Gasteiger partial charge < -0.3 is 14.9 Å². The number of rotatable bonds is 6. The summed E-state index contributed by atoms with van der Waals surface area (Å²) in [6.07, 6.45) is 4.18. The van der Waals surface area contributed by atoms with Crippen molar-refractivity contribution >= 4 is 17.3 Å². The number of hydrogen-bond acceptors (Lipinski definition) is 7. The summed E-state index contributed by atoms with van der Waals surface area (Å²) in [7, 11) is 1.48. The molecule has 1 amide bonds. The summed E-state index contributed by atoms with van der Waals surface area (Å²) in [5, 5.41) is 16.4. The molecule has 3 aromatic heterocycles. The number of pyridine rings is 1. The maximum Gasteiger partial charge on any atom is 0.296 e. The lowest BCUT2D eigenvalue weighted by Crippen LogP contribution is -2.29. The molecule has 2 N–H and O–H groups in total. The Morgan fingerprint density at radius 1 is 1.29 bits per heavy atom. The van der Waals surface area contributed by atoms with Gasteiger partial charge in [-0.3, -0.25) is 19.1 Å². The van der Waals surface area contributed by atoms with Crippen molar-refractivity contribution in [2.24, 2.45) is 7.05 Å². The summed E-state index contributed by atoms with van der Waals surface area (Å²) in [6, 6.07) is 11.0. The average molecular weight is 470 g/mol. The topological polar surface area (TPSA) is 128 Å². The number of carbonyl (C=O) groups excluding carboxylic acids is 1. The molecule has 3 heterocycles. The standard InChI is InChI=1S/C25H22N6O4/c1-14-11-16(9-10-27-14)20(18-7-5-6-8-19(18)26-3)15(2)23-30-21(22(32)25(34)31(23)4)24(33)29-17-12-28-35-13-17/h5-13,15,20,32H,1-2,4H3,(H,29,33). The van der Waals surface area contributed by atoms with E-state index >= 15 is 0 Å². The van der Waals surface area contributed by atoms with Gasteiger partial charge in [-0.15, -0.1) is 0 Å².